The lowest BCUT2D eigenvalue weighted by Gasteiger charge is -2.16. The Labute approximate surface area is 193 Å². The highest BCUT2D eigenvalue weighted by Crippen LogP contribution is 2.44. The zero-order valence-electron chi connectivity index (χ0n) is 18.8. The molecule has 174 valence electrons. The second-order valence-corrected chi connectivity index (χ2v) is 9.08. The number of fused-ring (bicyclic) bond motifs is 3. The third-order valence-corrected chi connectivity index (χ3v) is 6.75. The number of carboxylic acids is 1. The number of hydrogen-bond acceptors (Lipinski definition) is 4. The molecule has 2 aromatic rings. The Morgan fingerprint density at radius 1 is 1.00 bits per heavy atom. The van der Waals surface area contributed by atoms with E-state index in [1.807, 2.05) is 24.3 Å². The van der Waals surface area contributed by atoms with Crippen LogP contribution < -0.4 is 10.6 Å². The average Bonchev–Trinajstić information content (AvgIpc) is 3.38. The molecule has 0 saturated heterocycles. The van der Waals surface area contributed by atoms with Crippen LogP contribution in [0, 0.1) is 11.8 Å². The Morgan fingerprint density at radius 3 is 2.24 bits per heavy atom. The lowest BCUT2D eigenvalue weighted by atomic mass is 9.98. The summed E-state index contributed by atoms with van der Waals surface area (Å²) in [6.45, 7) is 2.26. The number of carbonyl (C=O) groups is 3. The molecule has 2 aliphatic rings. The SMILES string of the molecule is C[C@@H](NC(=O)CC1CCC(CNC(=O)OCC2c3ccccc3-c3ccccc32)C1)C(=O)O. The molecule has 3 N–H and O–H groups in total. The van der Waals surface area contributed by atoms with Gasteiger partial charge in [0.25, 0.3) is 0 Å². The van der Waals surface area contributed by atoms with Gasteiger partial charge in [0.2, 0.25) is 5.91 Å². The number of rotatable bonds is 8. The van der Waals surface area contributed by atoms with E-state index in [9.17, 15) is 14.4 Å². The topological polar surface area (TPSA) is 105 Å². The highest BCUT2D eigenvalue weighted by molar-refractivity contribution is 5.83. The molecule has 7 heteroatoms. The van der Waals surface area contributed by atoms with Crippen LogP contribution in [0.25, 0.3) is 11.1 Å². The van der Waals surface area contributed by atoms with Crippen LogP contribution in [0.15, 0.2) is 48.5 Å². The Morgan fingerprint density at radius 2 is 1.61 bits per heavy atom. The third kappa shape index (κ3) is 5.35. The zero-order chi connectivity index (χ0) is 23.4. The van der Waals surface area contributed by atoms with Gasteiger partial charge in [0.05, 0.1) is 0 Å². The van der Waals surface area contributed by atoms with Gasteiger partial charge in [0.1, 0.15) is 12.6 Å². The molecule has 0 aliphatic heterocycles. The summed E-state index contributed by atoms with van der Waals surface area (Å²) >= 11 is 0. The first kappa shape index (κ1) is 22.8. The van der Waals surface area contributed by atoms with Crippen molar-refractivity contribution in [3.63, 3.8) is 0 Å². The largest absolute Gasteiger partial charge is 0.480 e. The molecule has 2 aliphatic carbocycles. The lowest BCUT2D eigenvalue weighted by molar-refractivity contribution is -0.141. The number of aliphatic carboxylic acids is 1. The number of nitrogens with one attached hydrogen (secondary N) is 2. The van der Waals surface area contributed by atoms with Crippen molar-refractivity contribution in [3.8, 4) is 11.1 Å². The van der Waals surface area contributed by atoms with Crippen LogP contribution in [0.3, 0.4) is 0 Å². The maximum absolute atomic E-state index is 12.4. The first-order chi connectivity index (χ1) is 15.9. The summed E-state index contributed by atoms with van der Waals surface area (Å²) in [7, 11) is 0. The number of ether oxygens (including phenoxy) is 1. The van der Waals surface area contributed by atoms with Crippen molar-refractivity contribution < 1.29 is 24.2 Å². The maximum Gasteiger partial charge on any atom is 0.407 e. The van der Waals surface area contributed by atoms with E-state index in [4.69, 9.17) is 9.84 Å². The van der Waals surface area contributed by atoms with Gasteiger partial charge >= 0.3 is 12.1 Å². The van der Waals surface area contributed by atoms with Gasteiger partial charge in [-0.1, -0.05) is 48.5 Å². The van der Waals surface area contributed by atoms with Crippen LogP contribution >= 0.6 is 0 Å². The molecule has 7 nitrogen and oxygen atoms in total. The second kappa shape index (κ2) is 10.1. The molecule has 0 aromatic heterocycles. The second-order valence-electron chi connectivity index (χ2n) is 9.08. The first-order valence-electron chi connectivity index (χ1n) is 11.5. The number of benzene rings is 2. The molecule has 3 atom stereocenters. The highest BCUT2D eigenvalue weighted by Gasteiger charge is 2.30. The van der Waals surface area contributed by atoms with E-state index >= 15 is 0 Å². The number of carboxylic acid groups (broad SMARTS) is 1. The maximum atomic E-state index is 12.4. The van der Waals surface area contributed by atoms with E-state index in [1.165, 1.54) is 29.2 Å². The van der Waals surface area contributed by atoms with Crippen LogP contribution in [0.2, 0.25) is 0 Å². The van der Waals surface area contributed by atoms with Gasteiger partial charge in [0, 0.05) is 18.9 Å². The molecular weight excluding hydrogens is 420 g/mol. The fraction of sp³-hybridized carbons (Fsp3) is 0.423. The summed E-state index contributed by atoms with van der Waals surface area (Å²) in [5.74, 6) is -0.744. The predicted octanol–water partition coefficient (Wildman–Crippen LogP) is 3.92. The molecule has 0 bridgehead atoms. The molecule has 1 fully saturated rings. The Hall–Kier alpha value is -3.35. The molecule has 0 heterocycles. The third-order valence-electron chi connectivity index (χ3n) is 6.75. The number of carbonyl (C=O) groups excluding carboxylic acids is 2. The van der Waals surface area contributed by atoms with Gasteiger partial charge in [0.15, 0.2) is 0 Å². The smallest absolute Gasteiger partial charge is 0.407 e. The molecule has 0 spiro atoms. The molecule has 0 radical (unpaired) electrons. The highest BCUT2D eigenvalue weighted by atomic mass is 16.5. The van der Waals surface area contributed by atoms with Gasteiger partial charge in [-0.15, -0.1) is 0 Å². The van der Waals surface area contributed by atoms with Gasteiger partial charge in [-0.05, 0) is 60.3 Å². The first-order valence-corrected chi connectivity index (χ1v) is 11.5. The molecule has 33 heavy (non-hydrogen) atoms. The Balaban J connectivity index is 1.22. The van der Waals surface area contributed by atoms with E-state index in [0.717, 1.165) is 19.3 Å². The summed E-state index contributed by atoms with van der Waals surface area (Å²) in [5.41, 5.74) is 4.75. The van der Waals surface area contributed by atoms with Gasteiger partial charge in [-0.25, -0.2) is 4.79 Å². The van der Waals surface area contributed by atoms with E-state index in [2.05, 4.69) is 34.9 Å². The normalized spacial score (nSPS) is 19.9. The van der Waals surface area contributed by atoms with Crippen molar-refractivity contribution in [1.29, 1.82) is 0 Å². The van der Waals surface area contributed by atoms with Gasteiger partial charge in [-0.3, -0.25) is 9.59 Å². The number of hydrogen-bond donors (Lipinski definition) is 3. The van der Waals surface area contributed by atoms with E-state index in [0.29, 0.717) is 18.9 Å². The number of amides is 2. The zero-order valence-corrected chi connectivity index (χ0v) is 18.8. The molecule has 4 rings (SSSR count). The molecule has 2 unspecified atom stereocenters. The van der Waals surface area contributed by atoms with Crippen LogP contribution in [-0.4, -0.2) is 42.3 Å². The van der Waals surface area contributed by atoms with E-state index < -0.39 is 18.1 Å². The van der Waals surface area contributed by atoms with Crippen LogP contribution in [0.5, 0.6) is 0 Å². The van der Waals surface area contributed by atoms with Crippen molar-refractivity contribution in [3.05, 3.63) is 59.7 Å². The molecule has 2 amide bonds. The van der Waals surface area contributed by atoms with Crippen LogP contribution in [0.1, 0.15) is 49.7 Å². The summed E-state index contributed by atoms with van der Waals surface area (Å²) in [5, 5.41) is 14.3. The summed E-state index contributed by atoms with van der Waals surface area (Å²) < 4.78 is 5.59. The van der Waals surface area contributed by atoms with Crippen LogP contribution in [-0.2, 0) is 14.3 Å². The summed E-state index contributed by atoms with van der Waals surface area (Å²) in [6.07, 6.45) is 2.55. The minimum Gasteiger partial charge on any atom is -0.480 e. The van der Waals surface area contributed by atoms with Crippen molar-refractivity contribution in [2.45, 2.75) is 44.6 Å². The van der Waals surface area contributed by atoms with Gasteiger partial charge < -0.3 is 20.5 Å². The minimum atomic E-state index is -1.04. The summed E-state index contributed by atoms with van der Waals surface area (Å²) in [4.78, 5) is 35.2. The van der Waals surface area contributed by atoms with Crippen molar-refractivity contribution >= 4 is 18.0 Å². The number of alkyl carbamates (subject to hydrolysis) is 1. The molecule has 2 aromatic carbocycles. The molecule has 1 saturated carbocycles. The fourth-order valence-electron chi connectivity index (χ4n) is 5.05. The van der Waals surface area contributed by atoms with E-state index in [-0.39, 0.29) is 24.3 Å². The lowest BCUT2D eigenvalue weighted by Crippen LogP contribution is -2.38. The van der Waals surface area contributed by atoms with Crippen LogP contribution in [0.4, 0.5) is 4.79 Å². The van der Waals surface area contributed by atoms with Crippen molar-refractivity contribution in [1.82, 2.24) is 10.6 Å². The van der Waals surface area contributed by atoms with Crippen molar-refractivity contribution in [2.75, 3.05) is 13.2 Å². The monoisotopic (exact) mass is 450 g/mol. The van der Waals surface area contributed by atoms with Crippen molar-refractivity contribution in [2.24, 2.45) is 11.8 Å². The average molecular weight is 451 g/mol. The molecular formula is C26H30N2O5. The minimum absolute atomic E-state index is 0.0331. The quantitative estimate of drug-likeness (QED) is 0.565. The fourth-order valence-corrected chi connectivity index (χ4v) is 5.05. The Kier molecular flexibility index (Phi) is 6.96. The summed E-state index contributed by atoms with van der Waals surface area (Å²) in [6, 6.07) is 15.6. The standard InChI is InChI=1S/C26H30N2O5/c1-16(25(30)31)28-24(29)13-17-10-11-18(12-17)14-27-26(32)33-15-23-21-8-4-2-6-19(21)20-7-3-5-9-22(20)23/h2-9,16-18,23H,10-15H2,1H3,(H,27,32)(H,28,29)(H,30,31)/t16-,17?,18?/m1/s1. The van der Waals surface area contributed by atoms with Gasteiger partial charge in [-0.2, -0.15) is 0 Å². The predicted molar refractivity (Wildman–Crippen MR) is 124 cm³/mol. The van der Waals surface area contributed by atoms with E-state index in [1.54, 1.807) is 0 Å². The Bertz CT molecular complexity index is 991.